The van der Waals surface area contributed by atoms with E-state index in [2.05, 4.69) is 18.7 Å². The Morgan fingerprint density at radius 1 is 1.00 bits per heavy atom. The fourth-order valence-corrected chi connectivity index (χ4v) is 4.22. The lowest BCUT2D eigenvalue weighted by molar-refractivity contribution is 0.193. The maximum Gasteiger partial charge on any atom is 0.00407 e. The third kappa shape index (κ3) is 1.81. The summed E-state index contributed by atoms with van der Waals surface area (Å²) in [5.41, 5.74) is 1.50. The zero-order valence-electron chi connectivity index (χ0n) is 11.1. The molecule has 0 aromatic heterocycles. The van der Waals surface area contributed by atoms with Crippen molar-refractivity contribution < 1.29 is 0 Å². The molecular weight excluding hydrogens is 194 g/mol. The van der Waals surface area contributed by atoms with E-state index in [0.29, 0.717) is 0 Å². The molecule has 0 amide bonds. The molecule has 2 saturated carbocycles. The Morgan fingerprint density at radius 2 is 1.69 bits per heavy atom. The molecule has 3 fully saturated rings. The topological polar surface area (TPSA) is 3.24 Å². The highest BCUT2D eigenvalue weighted by atomic mass is 15.2. The van der Waals surface area contributed by atoms with Gasteiger partial charge < -0.3 is 4.90 Å². The van der Waals surface area contributed by atoms with Gasteiger partial charge in [0.1, 0.15) is 0 Å². The van der Waals surface area contributed by atoms with Gasteiger partial charge in [0, 0.05) is 13.1 Å². The molecule has 1 heteroatoms. The fourth-order valence-electron chi connectivity index (χ4n) is 4.22. The molecule has 0 aromatic rings. The minimum atomic E-state index is 0.726. The van der Waals surface area contributed by atoms with Gasteiger partial charge in [-0.1, -0.05) is 26.7 Å². The molecule has 92 valence electrons. The highest BCUT2D eigenvalue weighted by molar-refractivity contribution is 5.01. The highest BCUT2D eigenvalue weighted by Gasteiger charge is 2.49. The molecule has 1 spiro atoms. The van der Waals surface area contributed by atoms with Gasteiger partial charge in [-0.25, -0.2) is 0 Å². The summed E-state index contributed by atoms with van der Waals surface area (Å²) in [5, 5.41) is 0. The van der Waals surface area contributed by atoms with Gasteiger partial charge in [-0.15, -0.1) is 0 Å². The molecule has 0 bridgehead atoms. The molecule has 0 radical (unpaired) electrons. The van der Waals surface area contributed by atoms with Crippen molar-refractivity contribution in [3.05, 3.63) is 0 Å². The van der Waals surface area contributed by atoms with Crippen molar-refractivity contribution in [1.82, 2.24) is 4.90 Å². The third-order valence-electron chi connectivity index (χ3n) is 5.84. The molecule has 0 atom stereocenters. The Bertz CT molecular complexity index is 259. The summed E-state index contributed by atoms with van der Waals surface area (Å²) >= 11 is 0. The number of nitrogens with zero attached hydrogens (tertiary/aromatic N) is 1. The molecule has 0 aromatic carbocycles. The van der Waals surface area contributed by atoms with Gasteiger partial charge >= 0.3 is 0 Å². The van der Waals surface area contributed by atoms with E-state index in [1.807, 2.05) is 0 Å². The maximum atomic E-state index is 2.80. The van der Waals surface area contributed by atoms with Crippen LogP contribution in [-0.2, 0) is 0 Å². The van der Waals surface area contributed by atoms with Crippen LogP contribution < -0.4 is 0 Å². The molecular formula is C15H27N. The zero-order chi connectivity index (χ0) is 11.2. The molecule has 3 aliphatic rings. The lowest BCUT2D eigenvalue weighted by Crippen LogP contribution is -2.33. The SMILES string of the molecule is CC(C)C1(CN2CCC3(CCCC3)C2)CC1. The first-order valence-corrected chi connectivity index (χ1v) is 7.37. The summed E-state index contributed by atoms with van der Waals surface area (Å²) in [4.78, 5) is 2.80. The first-order valence-electron chi connectivity index (χ1n) is 7.37. The molecule has 1 heterocycles. The van der Waals surface area contributed by atoms with Crippen LogP contribution in [0.25, 0.3) is 0 Å². The molecule has 1 saturated heterocycles. The second-order valence-corrected chi connectivity index (χ2v) is 7.18. The summed E-state index contributed by atoms with van der Waals surface area (Å²) in [6.45, 7) is 9.09. The number of hydrogen-bond donors (Lipinski definition) is 0. The number of likely N-dealkylation sites (tertiary alicyclic amines) is 1. The average molecular weight is 221 g/mol. The second-order valence-electron chi connectivity index (χ2n) is 7.18. The summed E-state index contributed by atoms with van der Waals surface area (Å²) < 4.78 is 0. The van der Waals surface area contributed by atoms with Crippen LogP contribution >= 0.6 is 0 Å². The summed E-state index contributed by atoms with van der Waals surface area (Å²) in [6, 6.07) is 0. The van der Waals surface area contributed by atoms with Crippen molar-refractivity contribution in [1.29, 1.82) is 0 Å². The summed E-state index contributed by atoms with van der Waals surface area (Å²) in [6.07, 6.45) is 10.5. The molecule has 1 aliphatic heterocycles. The smallest absolute Gasteiger partial charge is 0.00407 e. The summed E-state index contributed by atoms with van der Waals surface area (Å²) in [5.74, 6) is 0.896. The van der Waals surface area contributed by atoms with Gasteiger partial charge in [0.05, 0.1) is 0 Å². The zero-order valence-corrected chi connectivity index (χ0v) is 11.1. The Kier molecular flexibility index (Phi) is 2.58. The quantitative estimate of drug-likeness (QED) is 0.702. The van der Waals surface area contributed by atoms with E-state index in [1.165, 1.54) is 64.6 Å². The molecule has 1 nitrogen and oxygen atoms in total. The van der Waals surface area contributed by atoms with Crippen LogP contribution in [0, 0.1) is 16.7 Å². The average Bonchev–Trinajstić information content (AvgIpc) is 2.72. The first-order chi connectivity index (χ1) is 7.64. The molecule has 3 rings (SSSR count). The summed E-state index contributed by atoms with van der Waals surface area (Å²) in [7, 11) is 0. The van der Waals surface area contributed by atoms with Crippen LogP contribution in [0.15, 0.2) is 0 Å². The van der Waals surface area contributed by atoms with Crippen LogP contribution in [0.2, 0.25) is 0 Å². The van der Waals surface area contributed by atoms with Crippen molar-refractivity contribution in [2.75, 3.05) is 19.6 Å². The van der Waals surface area contributed by atoms with Gasteiger partial charge in [0.25, 0.3) is 0 Å². The van der Waals surface area contributed by atoms with Crippen molar-refractivity contribution in [3.8, 4) is 0 Å². The van der Waals surface area contributed by atoms with E-state index in [1.54, 1.807) is 0 Å². The van der Waals surface area contributed by atoms with Crippen LogP contribution in [0.3, 0.4) is 0 Å². The van der Waals surface area contributed by atoms with Crippen molar-refractivity contribution >= 4 is 0 Å². The van der Waals surface area contributed by atoms with Crippen LogP contribution in [-0.4, -0.2) is 24.5 Å². The second kappa shape index (κ2) is 3.73. The van der Waals surface area contributed by atoms with E-state index < -0.39 is 0 Å². The van der Waals surface area contributed by atoms with E-state index >= 15 is 0 Å². The standard InChI is InChI=1S/C15H27N/c1-13(2)15(7-8-15)12-16-10-9-14(11-16)5-3-4-6-14/h13H,3-12H2,1-2H3. The van der Waals surface area contributed by atoms with Gasteiger partial charge in [-0.05, 0) is 55.4 Å². The highest BCUT2D eigenvalue weighted by Crippen LogP contribution is 2.54. The van der Waals surface area contributed by atoms with E-state index in [0.717, 1.165) is 16.7 Å². The van der Waals surface area contributed by atoms with Crippen LogP contribution in [0.1, 0.15) is 58.8 Å². The fraction of sp³-hybridized carbons (Fsp3) is 1.00. The molecule has 2 aliphatic carbocycles. The Morgan fingerprint density at radius 3 is 2.25 bits per heavy atom. The minimum Gasteiger partial charge on any atom is -0.302 e. The predicted molar refractivity (Wildman–Crippen MR) is 68.5 cm³/mol. The third-order valence-corrected chi connectivity index (χ3v) is 5.84. The Balaban J connectivity index is 1.58. The Labute approximate surface area is 101 Å². The first kappa shape index (κ1) is 11.1. The largest absolute Gasteiger partial charge is 0.302 e. The monoisotopic (exact) mass is 221 g/mol. The van der Waals surface area contributed by atoms with Crippen molar-refractivity contribution in [2.45, 2.75) is 58.8 Å². The number of rotatable bonds is 3. The van der Waals surface area contributed by atoms with Gasteiger partial charge in [0.2, 0.25) is 0 Å². The lowest BCUT2D eigenvalue weighted by Gasteiger charge is -2.28. The van der Waals surface area contributed by atoms with Crippen LogP contribution in [0.5, 0.6) is 0 Å². The molecule has 16 heavy (non-hydrogen) atoms. The van der Waals surface area contributed by atoms with Crippen molar-refractivity contribution in [2.24, 2.45) is 16.7 Å². The maximum absolute atomic E-state index is 2.80. The molecule has 0 N–H and O–H groups in total. The van der Waals surface area contributed by atoms with E-state index in [-0.39, 0.29) is 0 Å². The van der Waals surface area contributed by atoms with Crippen molar-refractivity contribution in [3.63, 3.8) is 0 Å². The van der Waals surface area contributed by atoms with Gasteiger partial charge in [0.15, 0.2) is 0 Å². The lowest BCUT2D eigenvalue weighted by atomic mass is 9.85. The van der Waals surface area contributed by atoms with Gasteiger partial charge in [-0.2, -0.15) is 0 Å². The van der Waals surface area contributed by atoms with Gasteiger partial charge in [-0.3, -0.25) is 0 Å². The van der Waals surface area contributed by atoms with E-state index in [4.69, 9.17) is 0 Å². The number of hydrogen-bond acceptors (Lipinski definition) is 1. The van der Waals surface area contributed by atoms with Crippen LogP contribution in [0.4, 0.5) is 0 Å². The predicted octanol–water partition coefficient (Wildman–Crippen LogP) is 3.69. The minimum absolute atomic E-state index is 0.726. The normalized spacial score (nSPS) is 31.7. The Hall–Kier alpha value is -0.0400. The molecule has 0 unspecified atom stereocenters. The van der Waals surface area contributed by atoms with E-state index in [9.17, 15) is 0 Å².